The molecule has 0 radical (unpaired) electrons. The van der Waals surface area contributed by atoms with Gasteiger partial charge in [-0.1, -0.05) is 11.6 Å². The van der Waals surface area contributed by atoms with Gasteiger partial charge in [-0.15, -0.1) is 0 Å². The Morgan fingerprint density at radius 2 is 2.05 bits per heavy atom. The van der Waals surface area contributed by atoms with E-state index in [4.69, 9.17) is 4.74 Å². The molecule has 20 heavy (non-hydrogen) atoms. The highest BCUT2D eigenvalue weighted by molar-refractivity contribution is 5.85. The van der Waals surface area contributed by atoms with Crippen molar-refractivity contribution < 1.29 is 9.53 Å². The van der Waals surface area contributed by atoms with Crippen LogP contribution in [0.15, 0.2) is 18.2 Å². The number of nitrogens with zero attached hydrogens (tertiary/aromatic N) is 2. The third kappa shape index (κ3) is 1.75. The molecule has 0 spiro atoms. The lowest BCUT2D eigenvalue weighted by Gasteiger charge is -2.27. The lowest BCUT2D eigenvalue weighted by Crippen LogP contribution is -2.38. The van der Waals surface area contributed by atoms with Crippen LogP contribution in [0.5, 0.6) is 5.88 Å². The van der Waals surface area contributed by atoms with E-state index in [1.54, 1.807) is 0 Å². The van der Waals surface area contributed by atoms with Crippen LogP contribution in [0.3, 0.4) is 0 Å². The fourth-order valence-electron chi connectivity index (χ4n) is 2.93. The molecule has 0 N–H and O–H groups in total. The monoisotopic (exact) mass is 268 g/mol. The Morgan fingerprint density at radius 3 is 2.80 bits per heavy atom. The summed E-state index contributed by atoms with van der Waals surface area (Å²) in [5.74, 6) is 0.478. The van der Waals surface area contributed by atoms with Crippen molar-refractivity contribution in [2.75, 3.05) is 0 Å². The average Bonchev–Trinajstić information content (AvgIpc) is 3.20. The summed E-state index contributed by atoms with van der Waals surface area (Å²) >= 11 is 0. The zero-order valence-corrected chi connectivity index (χ0v) is 11.6. The molecule has 1 aliphatic heterocycles. The molecule has 1 aromatic carbocycles. The van der Waals surface area contributed by atoms with E-state index in [1.165, 1.54) is 5.56 Å². The molecule has 1 aliphatic carbocycles. The summed E-state index contributed by atoms with van der Waals surface area (Å²) in [5.41, 5.74) is 4.27. The van der Waals surface area contributed by atoms with Crippen LogP contribution in [0.4, 0.5) is 4.79 Å². The molecule has 2 aromatic rings. The Labute approximate surface area is 117 Å². The molecule has 1 amide bonds. The number of amides is 1. The maximum atomic E-state index is 12.0. The Balaban J connectivity index is 1.85. The van der Waals surface area contributed by atoms with E-state index in [0.29, 0.717) is 18.5 Å². The van der Waals surface area contributed by atoms with E-state index in [0.717, 1.165) is 34.9 Å². The topological polar surface area (TPSA) is 42.4 Å². The zero-order valence-electron chi connectivity index (χ0n) is 11.6. The molecule has 2 heterocycles. The summed E-state index contributed by atoms with van der Waals surface area (Å²) < 4.78 is 5.41. The van der Waals surface area contributed by atoms with Gasteiger partial charge in [-0.3, -0.25) is 0 Å². The Morgan fingerprint density at radius 1 is 1.25 bits per heavy atom. The number of carbonyl (C=O) groups is 1. The van der Waals surface area contributed by atoms with Crippen molar-refractivity contribution in [2.24, 2.45) is 0 Å². The molecular formula is C16H16N2O2. The molecule has 0 saturated heterocycles. The first-order valence-electron chi connectivity index (χ1n) is 7.01. The van der Waals surface area contributed by atoms with Crippen LogP contribution in [0.2, 0.25) is 0 Å². The van der Waals surface area contributed by atoms with Gasteiger partial charge in [-0.05, 0) is 44.4 Å². The minimum absolute atomic E-state index is 0.253. The van der Waals surface area contributed by atoms with Gasteiger partial charge in [0.2, 0.25) is 5.88 Å². The predicted molar refractivity (Wildman–Crippen MR) is 75.8 cm³/mol. The van der Waals surface area contributed by atoms with Crippen molar-refractivity contribution in [3.05, 3.63) is 34.9 Å². The summed E-state index contributed by atoms with van der Waals surface area (Å²) in [6, 6.07) is 6.71. The minimum Gasteiger partial charge on any atom is -0.391 e. The summed E-state index contributed by atoms with van der Waals surface area (Å²) in [4.78, 5) is 18.3. The second-order valence-electron chi connectivity index (χ2n) is 5.83. The number of benzene rings is 1. The molecule has 0 bridgehead atoms. The van der Waals surface area contributed by atoms with Crippen molar-refractivity contribution in [3.63, 3.8) is 0 Å². The number of aromatic nitrogens is 1. The van der Waals surface area contributed by atoms with Crippen LogP contribution in [0, 0.1) is 13.8 Å². The van der Waals surface area contributed by atoms with Crippen LogP contribution >= 0.6 is 0 Å². The molecule has 102 valence electrons. The van der Waals surface area contributed by atoms with Crippen molar-refractivity contribution in [1.29, 1.82) is 0 Å². The van der Waals surface area contributed by atoms with Crippen LogP contribution in [0.1, 0.15) is 29.5 Å². The molecule has 4 rings (SSSR count). The summed E-state index contributed by atoms with van der Waals surface area (Å²) in [6.07, 6.45) is 1.92. The maximum Gasteiger partial charge on any atom is 0.417 e. The van der Waals surface area contributed by atoms with Crippen LogP contribution in [0.25, 0.3) is 10.9 Å². The SMILES string of the molecule is Cc1cc(C)c2nc3c(cc2c1)CN(C1CC1)C(=O)O3. The molecule has 1 saturated carbocycles. The van der Waals surface area contributed by atoms with Crippen LogP contribution in [-0.4, -0.2) is 22.0 Å². The van der Waals surface area contributed by atoms with Gasteiger partial charge in [0.15, 0.2) is 0 Å². The number of hydrogen-bond donors (Lipinski definition) is 0. The number of rotatable bonds is 1. The molecule has 0 unspecified atom stereocenters. The minimum atomic E-state index is -0.253. The van der Waals surface area contributed by atoms with Gasteiger partial charge in [0.05, 0.1) is 12.1 Å². The molecule has 4 nitrogen and oxygen atoms in total. The highest BCUT2D eigenvalue weighted by atomic mass is 16.6. The van der Waals surface area contributed by atoms with E-state index in [1.807, 2.05) is 11.8 Å². The second-order valence-corrected chi connectivity index (χ2v) is 5.83. The van der Waals surface area contributed by atoms with Crippen molar-refractivity contribution in [1.82, 2.24) is 9.88 Å². The van der Waals surface area contributed by atoms with E-state index < -0.39 is 0 Å². The van der Waals surface area contributed by atoms with Crippen LogP contribution in [-0.2, 0) is 6.54 Å². The van der Waals surface area contributed by atoms with Crippen LogP contribution < -0.4 is 4.74 Å². The fourth-order valence-corrected chi connectivity index (χ4v) is 2.93. The third-order valence-corrected chi connectivity index (χ3v) is 4.04. The second kappa shape index (κ2) is 3.95. The molecule has 1 aromatic heterocycles. The van der Waals surface area contributed by atoms with Gasteiger partial charge in [-0.2, -0.15) is 0 Å². The maximum absolute atomic E-state index is 12.0. The number of carbonyl (C=O) groups excluding carboxylic acids is 1. The van der Waals surface area contributed by atoms with Crippen molar-refractivity contribution in [3.8, 4) is 5.88 Å². The molecular weight excluding hydrogens is 252 g/mol. The highest BCUT2D eigenvalue weighted by Crippen LogP contribution is 2.35. The normalized spacial score (nSPS) is 18.1. The van der Waals surface area contributed by atoms with Gasteiger partial charge in [0, 0.05) is 17.0 Å². The first-order valence-corrected chi connectivity index (χ1v) is 7.01. The zero-order chi connectivity index (χ0) is 13.9. The molecule has 0 atom stereocenters. The van der Waals surface area contributed by atoms with Gasteiger partial charge < -0.3 is 9.64 Å². The quantitative estimate of drug-likeness (QED) is 0.796. The predicted octanol–water partition coefficient (Wildman–Crippen LogP) is 3.33. The first kappa shape index (κ1) is 11.7. The first-order chi connectivity index (χ1) is 9.61. The van der Waals surface area contributed by atoms with E-state index >= 15 is 0 Å². The van der Waals surface area contributed by atoms with E-state index in [-0.39, 0.29) is 6.09 Å². The lowest BCUT2D eigenvalue weighted by atomic mass is 10.0. The van der Waals surface area contributed by atoms with Gasteiger partial charge in [0.25, 0.3) is 0 Å². The summed E-state index contributed by atoms with van der Waals surface area (Å²) in [6.45, 7) is 4.74. The number of pyridine rings is 1. The van der Waals surface area contributed by atoms with E-state index in [9.17, 15) is 4.79 Å². The lowest BCUT2D eigenvalue weighted by molar-refractivity contribution is 0.133. The van der Waals surface area contributed by atoms with Gasteiger partial charge in [0.1, 0.15) is 0 Å². The third-order valence-electron chi connectivity index (χ3n) is 4.04. The average molecular weight is 268 g/mol. The van der Waals surface area contributed by atoms with Gasteiger partial charge in [-0.25, -0.2) is 9.78 Å². The summed E-state index contributed by atoms with van der Waals surface area (Å²) in [7, 11) is 0. The van der Waals surface area contributed by atoms with Crippen molar-refractivity contribution >= 4 is 17.0 Å². The Hall–Kier alpha value is -2.10. The smallest absolute Gasteiger partial charge is 0.391 e. The number of hydrogen-bond acceptors (Lipinski definition) is 3. The largest absolute Gasteiger partial charge is 0.417 e. The molecule has 2 aliphatic rings. The number of aryl methyl sites for hydroxylation is 2. The van der Waals surface area contributed by atoms with E-state index in [2.05, 4.69) is 30.1 Å². The van der Waals surface area contributed by atoms with Gasteiger partial charge >= 0.3 is 6.09 Å². The molecule has 4 heteroatoms. The highest BCUT2D eigenvalue weighted by Gasteiger charge is 2.37. The molecule has 1 fully saturated rings. The summed E-state index contributed by atoms with van der Waals surface area (Å²) in [5, 5.41) is 1.12. The van der Waals surface area contributed by atoms with Crippen molar-refractivity contribution in [2.45, 2.75) is 39.3 Å². The number of ether oxygens (including phenoxy) is 1. The standard InChI is InChI=1S/C16H16N2O2/c1-9-5-10(2)14-11(6-9)7-12-8-18(13-3-4-13)16(19)20-15(12)17-14/h5-7,13H,3-4,8H2,1-2H3. The Bertz CT molecular complexity index is 735. The fraction of sp³-hybridized carbons (Fsp3) is 0.375. The Kier molecular flexibility index (Phi) is 2.31. The number of fused-ring (bicyclic) bond motifs is 2.